The minimum absolute atomic E-state index is 0.0149. The third-order valence-corrected chi connectivity index (χ3v) is 7.76. The lowest BCUT2D eigenvalue weighted by Crippen LogP contribution is -2.39. The number of amides is 1. The summed E-state index contributed by atoms with van der Waals surface area (Å²) in [5.74, 6) is 1.79. The van der Waals surface area contributed by atoms with Gasteiger partial charge >= 0.3 is 6.18 Å². The largest absolute Gasteiger partial charge is 0.446 e. The van der Waals surface area contributed by atoms with Crippen molar-refractivity contribution in [3.63, 3.8) is 0 Å². The summed E-state index contributed by atoms with van der Waals surface area (Å²) >= 11 is 1.45. The number of hydrogen-bond donors (Lipinski definition) is 1. The van der Waals surface area contributed by atoms with Crippen LogP contribution in [-0.4, -0.2) is 46.1 Å². The van der Waals surface area contributed by atoms with E-state index in [4.69, 9.17) is 4.42 Å². The second-order valence-electron chi connectivity index (χ2n) is 9.22. The van der Waals surface area contributed by atoms with Crippen LogP contribution in [0.25, 0.3) is 0 Å². The van der Waals surface area contributed by atoms with Crippen LogP contribution in [0.5, 0.6) is 0 Å². The Morgan fingerprint density at radius 1 is 1.30 bits per heavy atom. The van der Waals surface area contributed by atoms with E-state index in [1.54, 1.807) is 13.1 Å². The minimum Gasteiger partial charge on any atom is -0.446 e. The summed E-state index contributed by atoms with van der Waals surface area (Å²) in [5.41, 5.74) is 0.969. The number of nitrogens with zero attached hydrogens (tertiary/aromatic N) is 3. The molecule has 1 fully saturated rings. The van der Waals surface area contributed by atoms with Crippen LogP contribution >= 0.6 is 11.3 Å². The Morgan fingerprint density at radius 3 is 2.79 bits per heavy atom. The lowest BCUT2D eigenvalue weighted by Gasteiger charge is -2.32. The summed E-state index contributed by atoms with van der Waals surface area (Å²) in [4.78, 5) is 24.3. The number of hydrogen-bond acceptors (Lipinski definition) is 6. The third kappa shape index (κ3) is 7.27. The molecule has 1 aliphatic carbocycles. The molecule has 0 atom stereocenters. The van der Waals surface area contributed by atoms with E-state index >= 15 is 0 Å². The van der Waals surface area contributed by atoms with Crippen molar-refractivity contribution in [2.24, 2.45) is 5.92 Å². The van der Waals surface area contributed by atoms with Crippen LogP contribution in [0, 0.1) is 12.8 Å². The van der Waals surface area contributed by atoms with Gasteiger partial charge in [-0.25, -0.2) is 9.97 Å². The van der Waals surface area contributed by atoms with Gasteiger partial charge in [0, 0.05) is 43.8 Å². The van der Waals surface area contributed by atoms with Gasteiger partial charge in [-0.3, -0.25) is 9.69 Å². The molecule has 0 spiro atoms. The van der Waals surface area contributed by atoms with Gasteiger partial charge in [0.15, 0.2) is 5.89 Å². The van der Waals surface area contributed by atoms with Crippen molar-refractivity contribution in [1.82, 2.24) is 20.2 Å². The molecule has 2 aromatic rings. The molecular formula is C23H31F3N4O2S. The van der Waals surface area contributed by atoms with Crippen LogP contribution in [-0.2, 0) is 30.6 Å². The van der Waals surface area contributed by atoms with Gasteiger partial charge in [0.1, 0.15) is 5.76 Å². The number of nitrogens with one attached hydrogen (secondary N) is 1. The van der Waals surface area contributed by atoms with Gasteiger partial charge in [-0.05, 0) is 51.0 Å². The van der Waals surface area contributed by atoms with Gasteiger partial charge in [-0.15, -0.1) is 11.3 Å². The maximum Gasteiger partial charge on any atom is 0.389 e. The molecule has 1 N–H and O–H groups in total. The zero-order chi connectivity index (χ0) is 23.4. The second-order valence-corrected chi connectivity index (χ2v) is 10.4. The van der Waals surface area contributed by atoms with Crippen molar-refractivity contribution < 1.29 is 22.4 Å². The fourth-order valence-electron chi connectivity index (χ4n) is 4.74. The van der Waals surface area contributed by atoms with E-state index < -0.39 is 12.6 Å². The number of alkyl halides is 3. The first kappa shape index (κ1) is 24.2. The number of oxazole rings is 1. The molecule has 0 aromatic carbocycles. The maximum absolute atomic E-state index is 12.5. The van der Waals surface area contributed by atoms with Gasteiger partial charge < -0.3 is 9.73 Å². The average molecular weight is 485 g/mol. The van der Waals surface area contributed by atoms with Crippen molar-refractivity contribution in [1.29, 1.82) is 0 Å². The lowest BCUT2D eigenvalue weighted by atomic mass is 9.84. The zero-order valence-corrected chi connectivity index (χ0v) is 19.7. The van der Waals surface area contributed by atoms with Gasteiger partial charge in [-0.1, -0.05) is 0 Å². The lowest BCUT2D eigenvalue weighted by molar-refractivity contribution is -0.134. The van der Waals surface area contributed by atoms with E-state index in [0.29, 0.717) is 22.6 Å². The first-order chi connectivity index (χ1) is 15.7. The molecule has 2 aliphatic rings. The summed E-state index contributed by atoms with van der Waals surface area (Å²) < 4.78 is 42.8. The highest BCUT2D eigenvalue weighted by atomic mass is 32.1. The third-order valence-electron chi connectivity index (χ3n) is 6.54. The second kappa shape index (κ2) is 10.5. The molecule has 182 valence electrons. The van der Waals surface area contributed by atoms with Crippen LogP contribution in [0.3, 0.4) is 0 Å². The summed E-state index contributed by atoms with van der Waals surface area (Å²) in [6, 6.07) is 0.223. The van der Waals surface area contributed by atoms with E-state index in [1.165, 1.54) is 11.3 Å². The molecular weight excluding hydrogens is 453 g/mol. The standard InChI is InChI=1S/C23H31F3N4O2S/c1-15-27-13-18(32-15)12-21(31)28-17-4-2-16(3-5-17)7-10-30-11-8-20-19(14-30)29-22(33-20)6-9-23(24,25)26/h13,16-17H,2-12,14H2,1H3,(H,28,31)/t16-,17-. The van der Waals surface area contributed by atoms with Gasteiger partial charge in [0.25, 0.3) is 0 Å². The first-order valence-electron chi connectivity index (χ1n) is 11.7. The van der Waals surface area contributed by atoms with E-state index in [-0.39, 0.29) is 24.8 Å². The number of thiazole rings is 1. The van der Waals surface area contributed by atoms with Crippen LogP contribution in [0.2, 0.25) is 0 Å². The van der Waals surface area contributed by atoms with Crippen LogP contribution in [0.1, 0.15) is 65.8 Å². The highest BCUT2D eigenvalue weighted by Crippen LogP contribution is 2.31. The van der Waals surface area contributed by atoms with E-state index in [1.807, 2.05) is 0 Å². The Balaban J connectivity index is 1.15. The minimum atomic E-state index is -4.13. The molecule has 0 unspecified atom stereocenters. The predicted octanol–water partition coefficient (Wildman–Crippen LogP) is 4.60. The summed E-state index contributed by atoms with van der Waals surface area (Å²) in [5, 5.41) is 3.73. The number of carbonyl (C=O) groups is 1. The predicted molar refractivity (Wildman–Crippen MR) is 119 cm³/mol. The van der Waals surface area contributed by atoms with Crippen molar-refractivity contribution in [2.45, 2.75) is 83.5 Å². The highest BCUT2D eigenvalue weighted by Gasteiger charge is 2.29. The fraction of sp³-hybridized carbons (Fsp3) is 0.696. The molecule has 4 rings (SSSR count). The molecule has 0 radical (unpaired) electrons. The summed E-state index contributed by atoms with van der Waals surface area (Å²) in [6.07, 6.45) is 3.06. The normalized spacial score (nSPS) is 21.7. The van der Waals surface area contributed by atoms with Crippen LogP contribution < -0.4 is 5.32 Å². The van der Waals surface area contributed by atoms with Gasteiger partial charge in [0.05, 0.1) is 23.3 Å². The Labute approximate surface area is 196 Å². The molecule has 1 aliphatic heterocycles. The SMILES string of the molecule is Cc1ncc(CC(=O)N[C@H]2CC[C@H](CCN3CCc4sc(CCC(F)(F)F)nc4C3)CC2)o1. The molecule has 0 saturated heterocycles. The Hall–Kier alpha value is -1.94. The topological polar surface area (TPSA) is 71.3 Å². The Bertz CT molecular complexity index is 935. The highest BCUT2D eigenvalue weighted by molar-refractivity contribution is 7.11. The molecule has 2 aromatic heterocycles. The Morgan fingerprint density at radius 2 is 2.09 bits per heavy atom. The number of rotatable bonds is 8. The van der Waals surface area contributed by atoms with E-state index in [0.717, 1.165) is 68.7 Å². The van der Waals surface area contributed by atoms with E-state index in [9.17, 15) is 18.0 Å². The number of aromatic nitrogens is 2. The molecule has 3 heterocycles. The molecule has 33 heavy (non-hydrogen) atoms. The van der Waals surface area contributed by atoms with E-state index in [2.05, 4.69) is 20.2 Å². The molecule has 1 saturated carbocycles. The number of fused-ring (bicyclic) bond motifs is 1. The van der Waals surface area contributed by atoms with Gasteiger partial charge in [0.2, 0.25) is 5.91 Å². The first-order valence-corrected chi connectivity index (χ1v) is 12.5. The molecule has 1 amide bonds. The smallest absolute Gasteiger partial charge is 0.389 e. The number of carbonyl (C=O) groups excluding carboxylic acids is 1. The summed E-state index contributed by atoms with van der Waals surface area (Å²) in [6.45, 7) is 4.43. The fourth-order valence-corrected chi connectivity index (χ4v) is 5.80. The van der Waals surface area contributed by atoms with Crippen LogP contribution in [0.15, 0.2) is 10.6 Å². The molecule has 0 bridgehead atoms. The molecule has 10 heteroatoms. The Kier molecular flexibility index (Phi) is 7.73. The monoisotopic (exact) mass is 484 g/mol. The zero-order valence-electron chi connectivity index (χ0n) is 18.9. The number of aryl methyl sites for hydroxylation is 2. The summed E-state index contributed by atoms with van der Waals surface area (Å²) in [7, 11) is 0. The van der Waals surface area contributed by atoms with Crippen molar-refractivity contribution in [2.75, 3.05) is 13.1 Å². The van der Waals surface area contributed by atoms with Crippen LogP contribution in [0.4, 0.5) is 13.2 Å². The number of halogens is 3. The quantitative estimate of drug-likeness (QED) is 0.593. The maximum atomic E-state index is 12.5. The van der Waals surface area contributed by atoms with Crippen molar-refractivity contribution in [3.05, 3.63) is 33.4 Å². The van der Waals surface area contributed by atoms with Crippen molar-refractivity contribution >= 4 is 17.2 Å². The average Bonchev–Trinajstić information content (AvgIpc) is 3.36. The van der Waals surface area contributed by atoms with Crippen molar-refractivity contribution in [3.8, 4) is 0 Å². The molecule has 6 nitrogen and oxygen atoms in total. The van der Waals surface area contributed by atoms with Gasteiger partial charge in [-0.2, -0.15) is 13.2 Å².